The largest absolute Gasteiger partial charge is 0.460 e. The predicted molar refractivity (Wildman–Crippen MR) is 53.9 cm³/mol. The zero-order valence-electron chi connectivity index (χ0n) is 7.47. The second-order valence-electron chi connectivity index (χ2n) is 2.70. The molecule has 0 unspecified atom stereocenters. The molecular weight excluding hydrogens is 234 g/mol. The lowest BCUT2D eigenvalue weighted by molar-refractivity contribution is 0.0964. The van der Waals surface area contributed by atoms with Crippen molar-refractivity contribution in [1.29, 1.82) is 0 Å². The van der Waals surface area contributed by atoms with Gasteiger partial charge < -0.3 is 9.73 Å². The summed E-state index contributed by atoms with van der Waals surface area (Å²) in [6.45, 7) is 3.24. The Morgan fingerprint density at radius 1 is 1.69 bits per heavy atom. The van der Waals surface area contributed by atoms with Gasteiger partial charge in [0.2, 0.25) is 5.78 Å². The first kappa shape index (κ1) is 10.5. The van der Waals surface area contributed by atoms with E-state index in [1.807, 2.05) is 0 Å². The summed E-state index contributed by atoms with van der Waals surface area (Å²) in [4.78, 5) is 11.4. The maximum atomic E-state index is 11.4. The molecule has 0 bridgehead atoms. The summed E-state index contributed by atoms with van der Waals surface area (Å²) >= 11 is 3.23. The molecule has 4 heteroatoms. The molecule has 0 aliphatic rings. The second-order valence-corrected chi connectivity index (χ2v) is 3.55. The average Bonchev–Trinajstić information content (AvgIpc) is 2.52. The van der Waals surface area contributed by atoms with Gasteiger partial charge in [-0.25, -0.2) is 0 Å². The zero-order chi connectivity index (χ0) is 9.68. The van der Waals surface area contributed by atoms with Crippen molar-refractivity contribution in [3.63, 3.8) is 0 Å². The van der Waals surface area contributed by atoms with Crippen LogP contribution in [0, 0.1) is 0 Å². The summed E-state index contributed by atoms with van der Waals surface area (Å²) in [6, 6.07) is 1.72. The summed E-state index contributed by atoms with van der Waals surface area (Å²) in [6.07, 6.45) is 2.52. The Labute approximate surface area is 85.6 Å². The topological polar surface area (TPSA) is 42.2 Å². The van der Waals surface area contributed by atoms with Gasteiger partial charge in [0.15, 0.2) is 5.76 Å². The van der Waals surface area contributed by atoms with Crippen LogP contribution >= 0.6 is 15.9 Å². The molecular formula is C9H12BrNO2. The van der Waals surface area contributed by atoms with E-state index >= 15 is 0 Å². The first-order chi connectivity index (χ1) is 6.25. The molecule has 0 fully saturated rings. The van der Waals surface area contributed by atoms with E-state index < -0.39 is 0 Å². The summed E-state index contributed by atoms with van der Waals surface area (Å²) in [7, 11) is 0. The molecule has 72 valence electrons. The molecule has 1 rings (SSSR count). The highest BCUT2D eigenvalue weighted by Crippen LogP contribution is 2.17. The molecule has 0 aliphatic carbocycles. The van der Waals surface area contributed by atoms with Crippen LogP contribution in [0.2, 0.25) is 0 Å². The SMILES string of the molecule is CCCNCC(=O)c1occc1Br. The normalized spacial score (nSPS) is 10.3. The summed E-state index contributed by atoms with van der Waals surface area (Å²) in [5.41, 5.74) is 0. The lowest BCUT2D eigenvalue weighted by Crippen LogP contribution is -2.23. The van der Waals surface area contributed by atoms with Crippen molar-refractivity contribution in [1.82, 2.24) is 5.32 Å². The average molecular weight is 246 g/mol. The van der Waals surface area contributed by atoms with E-state index in [0.717, 1.165) is 17.4 Å². The van der Waals surface area contributed by atoms with E-state index in [1.54, 1.807) is 6.07 Å². The van der Waals surface area contributed by atoms with E-state index in [1.165, 1.54) is 6.26 Å². The van der Waals surface area contributed by atoms with Crippen molar-refractivity contribution >= 4 is 21.7 Å². The number of rotatable bonds is 5. The van der Waals surface area contributed by atoms with Gasteiger partial charge >= 0.3 is 0 Å². The van der Waals surface area contributed by atoms with Gasteiger partial charge in [0, 0.05) is 0 Å². The fourth-order valence-electron chi connectivity index (χ4n) is 0.952. The highest BCUT2D eigenvalue weighted by atomic mass is 79.9. The quantitative estimate of drug-likeness (QED) is 0.639. The summed E-state index contributed by atoms with van der Waals surface area (Å²) in [5.74, 6) is 0.369. The molecule has 0 radical (unpaired) electrons. The minimum Gasteiger partial charge on any atom is -0.460 e. The van der Waals surface area contributed by atoms with Crippen LogP contribution in [0.5, 0.6) is 0 Å². The third-order valence-electron chi connectivity index (χ3n) is 1.58. The maximum absolute atomic E-state index is 11.4. The number of nitrogens with one attached hydrogen (secondary N) is 1. The van der Waals surface area contributed by atoms with Crippen LogP contribution in [-0.2, 0) is 0 Å². The van der Waals surface area contributed by atoms with Crippen LogP contribution < -0.4 is 5.32 Å². The van der Waals surface area contributed by atoms with Crippen LogP contribution in [0.15, 0.2) is 21.2 Å². The lowest BCUT2D eigenvalue weighted by atomic mass is 10.3. The molecule has 0 aromatic carbocycles. The Bertz CT molecular complexity index is 283. The first-order valence-electron chi connectivity index (χ1n) is 4.22. The molecule has 0 saturated heterocycles. The number of hydrogen-bond acceptors (Lipinski definition) is 3. The molecule has 0 aliphatic heterocycles. The molecule has 3 nitrogen and oxygen atoms in total. The number of carbonyl (C=O) groups is 1. The van der Waals surface area contributed by atoms with Crippen LogP contribution in [0.4, 0.5) is 0 Å². The van der Waals surface area contributed by atoms with Crippen molar-refractivity contribution in [3.8, 4) is 0 Å². The molecule has 0 saturated carbocycles. The van der Waals surface area contributed by atoms with Crippen LogP contribution in [-0.4, -0.2) is 18.9 Å². The fourth-order valence-corrected chi connectivity index (χ4v) is 1.37. The first-order valence-corrected chi connectivity index (χ1v) is 5.02. The molecule has 13 heavy (non-hydrogen) atoms. The van der Waals surface area contributed by atoms with Crippen LogP contribution in [0.25, 0.3) is 0 Å². The van der Waals surface area contributed by atoms with E-state index in [9.17, 15) is 4.79 Å². The molecule has 1 heterocycles. The number of hydrogen-bond donors (Lipinski definition) is 1. The van der Waals surface area contributed by atoms with Crippen molar-refractivity contribution < 1.29 is 9.21 Å². The number of ketones is 1. The highest BCUT2D eigenvalue weighted by Gasteiger charge is 2.12. The highest BCUT2D eigenvalue weighted by molar-refractivity contribution is 9.10. The maximum Gasteiger partial charge on any atom is 0.212 e. The minimum atomic E-state index is -0.0228. The van der Waals surface area contributed by atoms with Gasteiger partial charge in [0.1, 0.15) is 0 Å². The number of Topliss-reactive ketones (excluding diaryl/α,β-unsaturated/α-hetero) is 1. The van der Waals surface area contributed by atoms with Crippen molar-refractivity contribution in [2.45, 2.75) is 13.3 Å². The van der Waals surface area contributed by atoms with Gasteiger partial charge in [-0.1, -0.05) is 6.92 Å². The van der Waals surface area contributed by atoms with Crippen molar-refractivity contribution in [2.75, 3.05) is 13.1 Å². The Morgan fingerprint density at radius 3 is 3.00 bits per heavy atom. The van der Waals surface area contributed by atoms with Crippen LogP contribution in [0.1, 0.15) is 23.9 Å². The van der Waals surface area contributed by atoms with Gasteiger partial charge in [-0.05, 0) is 35.0 Å². The second kappa shape index (κ2) is 5.19. The van der Waals surface area contributed by atoms with Gasteiger partial charge in [-0.2, -0.15) is 0 Å². The molecule has 1 N–H and O–H groups in total. The van der Waals surface area contributed by atoms with Crippen LogP contribution in [0.3, 0.4) is 0 Å². The monoisotopic (exact) mass is 245 g/mol. The zero-order valence-corrected chi connectivity index (χ0v) is 9.06. The smallest absolute Gasteiger partial charge is 0.212 e. The standard InChI is InChI=1S/C9H12BrNO2/c1-2-4-11-6-8(12)9-7(10)3-5-13-9/h3,5,11H,2,4,6H2,1H3. The third kappa shape index (κ3) is 2.97. The van der Waals surface area contributed by atoms with E-state index in [2.05, 4.69) is 28.2 Å². The molecule has 1 aromatic rings. The molecule has 0 amide bonds. The Morgan fingerprint density at radius 2 is 2.46 bits per heavy atom. The lowest BCUT2D eigenvalue weighted by Gasteiger charge is -1.99. The van der Waals surface area contributed by atoms with E-state index in [4.69, 9.17) is 4.42 Å². The van der Waals surface area contributed by atoms with Gasteiger partial charge in [0.25, 0.3) is 0 Å². The third-order valence-corrected chi connectivity index (χ3v) is 2.21. The van der Waals surface area contributed by atoms with Gasteiger partial charge in [0.05, 0.1) is 17.3 Å². The number of carbonyl (C=O) groups excluding carboxylic acids is 1. The Kier molecular flexibility index (Phi) is 4.18. The predicted octanol–water partition coefficient (Wildman–Crippen LogP) is 2.22. The van der Waals surface area contributed by atoms with Crippen molar-refractivity contribution in [3.05, 3.63) is 22.6 Å². The molecule has 0 spiro atoms. The minimum absolute atomic E-state index is 0.0228. The summed E-state index contributed by atoms with van der Waals surface area (Å²) < 4.78 is 5.74. The van der Waals surface area contributed by atoms with Crippen molar-refractivity contribution in [2.24, 2.45) is 0 Å². The Balaban J connectivity index is 2.45. The Hall–Kier alpha value is -0.610. The van der Waals surface area contributed by atoms with E-state index in [0.29, 0.717) is 12.3 Å². The molecule has 0 atom stereocenters. The molecule has 1 aromatic heterocycles. The fraction of sp³-hybridized carbons (Fsp3) is 0.444. The summed E-state index contributed by atoms with van der Waals surface area (Å²) in [5, 5.41) is 3.02. The van der Waals surface area contributed by atoms with E-state index in [-0.39, 0.29) is 5.78 Å². The van der Waals surface area contributed by atoms with Gasteiger partial charge in [-0.15, -0.1) is 0 Å². The number of halogens is 1. The number of furan rings is 1. The van der Waals surface area contributed by atoms with Gasteiger partial charge in [-0.3, -0.25) is 4.79 Å².